The fourth-order valence-electron chi connectivity index (χ4n) is 2.08. The molecule has 2 N–H and O–H groups in total. The highest BCUT2D eigenvalue weighted by atomic mass is 79.9. The number of benzene rings is 1. The van der Waals surface area contributed by atoms with Crippen LogP contribution in [0.15, 0.2) is 22.7 Å². The van der Waals surface area contributed by atoms with Crippen LogP contribution in [0.4, 0.5) is 4.79 Å². The zero-order valence-electron chi connectivity index (χ0n) is 12.7. The molecule has 2 rings (SSSR count). The zero-order chi connectivity index (χ0) is 16.1. The molecule has 120 valence electrons. The van der Waals surface area contributed by atoms with Crippen molar-refractivity contribution in [2.45, 2.75) is 25.4 Å². The number of hydrogen-bond acceptors (Lipinski definition) is 4. The minimum Gasteiger partial charge on any atom is -0.496 e. The Kier molecular flexibility index (Phi) is 5.79. The summed E-state index contributed by atoms with van der Waals surface area (Å²) in [5, 5.41) is 5.05. The van der Waals surface area contributed by atoms with Crippen molar-refractivity contribution in [3.8, 4) is 5.75 Å². The van der Waals surface area contributed by atoms with Crippen molar-refractivity contribution in [1.29, 1.82) is 0 Å². The minimum atomic E-state index is -0.416. The lowest BCUT2D eigenvalue weighted by molar-refractivity contribution is -0.120. The number of amides is 3. The van der Waals surface area contributed by atoms with Crippen LogP contribution in [0.2, 0.25) is 0 Å². The van der Waals surface area contributed by atoms with Crippen LogP contribution in [0.3, 0.4) is 0 Å². The van der Waals surface area contributed by atoms with Gasteiger partial charge in [0, 0.05) is 22.6 Å². The molecule has 0 spiro atoms. The van der Waals surface area contributed by atoms with Gasteiger partial charge in [0.15, 0.2) is 0 Å². The number of halogens is 1. The Balaban J connectivity index is 1.83. The SMILES string of the molecule is COc1ccc(Br)cc1CN(C)CC(=O)NC(=O)NC1CC1. The standard InChI is InChI=1S/C15H20BrN3O3/c1-19(8-10-7-11(16)3-6-13(10)22-2)9-14(20)18-15(21)17-12-4-5-12/h3,6-7,12H,4-5,8-9H2,1-2H3,(H2,17,18,20,21). The van der Waals surface area contributed by atoms with Crippen LogP contribution in [0.5, 0.6) is 5.75 Å². The van der Waals surface area contributed by atoms with E-state index in [2.05, 4.69) is 26.6 Å². The van der Waals surface area contributed by atoms with E-state index in [4.69, 9.17) is 4.74 Å². The molecule has 0 bridgehead atoms. The molecular weight excluding hydrogens is 350 g/mol. The van der Waals surface area contributed by atoms with Gasteiger partial charge in [-0.2, -0.15) is 0 Å². The van der Waals surface area contributed by atoms with Gasteiger partial charge in [-0.15, -0.1) is 0 Å². The highest BCUT2D eigenvalue weighted by molar-refractivity contribution is 9.10. The van der Waals surface area contributed by atoms with Gasteiger partial charge in [0.05, 0.1) is 13.7 Å². The highest BCUT2D eigenvalue weighted by Crippen LogP contribution is 2.24. The van der Waals surface area contributed by atoms with Crippen molar-refractivity contribution in [2.24, 2.45) is 0 Å². The number of methoxy groups -OCH3 is 1. The molecule has 1 aliphatic rings. The third-order valence-corrected chi connectivity index (χ3v) is 3.76. The molecule has 1 saturated carbocycles. The number of likely N-dealkylation sites (N-methyl/N-ethyl adjacent to an activating group) is 1. The summed E-state index contributed by atoms with van der Waals surface area (Å²) in [6.45, 7) is 0.675. The maximum Gasteiger partial charge on any atom is 0.321 e. The molecule has 1 aliphatic carbocycles. The van der Waals surface area contributed by atoms with Gasteiger partial charge >= 0.3 is 6.03 Å². The first-order valence-corrected chi connectivity index (χ1v) is 7.88. The van der Waals surface area contributed by atoms with E-state index in [1.807, 2.05) is 30.1 Å². The molecule has 0 aromatic heterocycles. The maximum absolute atomic E-state index is 11.8. The zero-order valence-corrected chi connectivity index (χ0v) is 14.3. The Morgan fingerprint density at radius 2 is 2.14 bits per heavy atom. The van der Waals surface area contributed by atoms with Gasteiger partial charge in [-0.05, 0) is 38.1 Å². The molecule has 1 aromatic rings. The molecule has 0 radical (unpaired) electrons. The van der Waals surface area contributed by atoms with E-state index in [9.17, 15) is 9.59 Å². The third kappa shape index (κ3) is 5.31. The van der Waals surface area contributed by atoms with Gasteiger partial charge in [0.25, 0.3) is 0 Å². The molecule has 1 aromatic carbocycles. The number of ether oxygens (including phenoxy) is 1. The number of carbonyl (C=O) groups excluding carboxylic acids is 2. The second-order valence-corrected chi connectivity index (χ2v) is 6.34. The lowest BCUT2D eigenvalue weighted by Gasteiger charge is -2.18. The molecular formula is C15H20BrN3O3. The maximum atomic E-state index is 11.8. The smallest absolute Gasteiger partial charge is 0.321 e. The number of hydrogen-bond donors (Lipinski definition) is 2. The van der Waals surface area contributed by atoms with Crippen molar-refractivity contribution < 1.29 is 14.3 Å². The van der Waals surface area contributed by atoms with Crippen LogP contribution in [-0.4, -0.2) is 43.6 Å². The van der Waals surface area contributed by atoms with Crippen LogP contribution in [0, 0.1) is 0 Å². The summed E-state index contributed by atoms with van der Waals surface area (Å²) in [5.41, 5.74) is 0.967. The lowest BCUT2D eigenvalue weighted by atomic mass is 10.2. The average Bonchev–Trinajstić information content (AvgIpc) is 3.22. The largest absolute Gasteiger partial charge is 0.496 e. The van der Waals surface area contributed by atoms with E-state index in [0.717, 1.165) is 28.6 Å². The third-order valence-electron chi connectivity index (χ3n) is 3.26. The fraction of sp³-hybridized carbons (Fsp3) is 0.467. The molecule has 0 aliphatic heterocycles. The molecule has 1 fully saturated rings. The van der Waals surface area contributed by atoms with E-state index in [1.54, 1.807) is 7.11 Å². The predicted molar refractivity (Wildman–Crippen MR) is 86.7 cm³/mol. The normalized spacial score (nSPS) is 13.8. The summed E-state index contributed by atoms with van der Waals surface area (Å²) in [4.78, 5) is 25.1. The molecule has 3 amide bonds. The van der Waals surface area contributed by atoms with E-state index in [0.29, 0.717) is 6.54 Å². The minimum absolute atomic E-state index is 0.133. The molecule has 0 saturated heterocycles. The molecule has 7 heteroatoms. The first-order valence-electron chi connectivity index (χ1n) is 7.09. The van der Waals surface area contributed by atoms with E-state index < -0.39 is 6.03 Å². The second-order valence-electron chi connectivity index (χ2n) is 5.42. The van der Waals surface area contributed by atoms with E-state index in [-0.39, 0.29) is 18.5 Å². The number of nitrogens with zero attached hydrogens (tertiary/aromatic N) is 1. The van der Waals surface area contributed by atoms with Gasteiger partial charge in [-0.1, -0.05) is 15.9 Å². The second kappa shape index (κ2) is 7.60. The van der Waals surface area contributed by atoms with E-state index >= 15 is 0 Å². The first kappa shape index (κ1) is 16.8. The summed E-state index contributed by atoms with van der Waals surface area (Å²) in [5.74, 6) is 0.441. The van der Waals surface area contributed by atoms with Crippen LogP contribution in [0.25, 0.3) is 0 Å². The average molecular weight is 370 g/mol. The van der Waals surface area contributed by atoms with Crippen LogP contribution < -0.4 is 15.4 Å². The van der Waals surface area contributed by atoms with Crippen LogP contribution in [-0.2, 0) is 11.3 Å². The van der Waals surface area contributed by atoms with Crippen molar-refractivity contribution in [3.05, 3.63) is 28.2 Å². The summed E-state index contributed by atoms with van der Waals surface area (Å²) in [6.07, 6.45) is 1.98. The first-order chi connectivity index (χ1) is 10.5. The van der Waals surface area contributed by atoms with Crippen LogP contribution >= 0.6 is 15.9 Å². The Bertz CT molecular complexity index is 561. The van der Waals surface area contributed by atoms with Gasteiger partial charge in [-0.25, -0.2) is 4.79 Å². The summed E-state index contributed by atoms with van der Waals surface area (Å²) in [6, 6.07) is 5.54. The Morgan fingerprint density at radius 3 is 2.77 bits per heavy atom. The molecule has 22 heavy (non-hydrogen) atoms. The lowest BCUT2D eigenvalue weighted by Crippen LogP contribution is -2.44. The number of nitrogens with one attached hydrogen (secondary N) is 2. The topological polar surface area (TPSA) is 70.7 Å². The van der Waals surface area contributed by atoms with Gasteiger partial charge in [0.2, 0.25) is 5.91 Å². The highest BCUT2D eigenvalue weighted by Gasteiger charge is 2.24. The van der Waals surface area contributed by atoms with Crippen molar-refractivity contribution in [3.63, 3.8) is 0 Å². The molecule has 0 atom stereocenters. The quantitative estimate of drug-likeness (QED) is 0.802. The summed E-state index contributed by atoms with van der Waals surface area (Å²) < 4.78 is 6.26. The number of imide groups is 1. The summed E-state index contributed by atoms with van der Waals surface area (Å²) >= 11 is 3.42. The van der Waals surface area contributed by atoms with Crippen molar-refractivity contribution >= 4 is 27.9 Å². The molecule has 6 nitrogen and oxygen atoms in total. The van der Waals surface area contributed by atoms with Crippen molar-refractivity contribution in [1.82, 2.24) is 15.5 Å². The number of carbonyl (C=O) groups is 2. The fourth-order valence-corrected chi connectivity index (χ4v) is 2.49. The Labute approximate surface area is 138 Å². The molecule has 0 unspecified atom stereocenters. The predicted octanol–water partition coefficient (Wildman–Crippen LogP) is 1.88. The number of urea groups is 1. The monoisotopic (exact) mass is 369 g/mol. The summed E-state index contributed by atoms with van der Waals surface area (Å²) in [7, 11) is 3.43. The van der Waals surface area contributed by atoms with Gasteiger partial charge in [0.1, 0.15) is 5.75 Å². The van der Waals surface area contributed by atoms with E-state index in [1.165, 1.54) is 0 Å². The Morgan fingerprint density at radius 1 is 1.41 bits per heavy atom. The van der Waals surface area contributed by atoms with Crippen LogP contribution in [0.1, 0.15) is 18.4 Å². The number of rotatable bonds is 6. The van der Waals surface area contributed by atoms with Gasteiger partial charge in [-0.3, -0.25) is 15.0 Å². The molecule has 0 heterocycles. The Hall–Kier alpha value is -1.60. The van der Waals surface area contributed by atoms with Crippen molar-refractivity contribution in [2.75, 3.05) is 20.7 Å². The van der Waals surface area contributed by atoms with Gasteiger partial charge < -0.3 is 10.1 Å².